The highest BCUT2D eigenvalue weighted by atomic mass is 35.5. The van der Waals surface area contributed by atoms with Crippen LogP contribution in [0.25, 0.3) is 0 Å². The lowest BCUT2D eigenvalue weighted by atomic mass is 10.3. The lowest BCUT2D eigenvalue weighted by Gasteiger charge is -2.08. The van der Waals surface area contributed by atoms with Gasteiger partial charge in [-0.3, -0.25) is 4.79 Å². The zero-order chi connectivity index (χ0) is 12.7. The highest BCUT2D eigenvalue weighted by molar-refractivity contribution is 6.35. The second kappa shape index (κ2) is 7.37. The van der Waals surface area contributed by atoms with E-state index < -0.39 is 0 Å². The summed E-state index contributed by atoms with van der Waals surface area (Å²) >= 11 is 11.6. The summed E-state index contributed by atoms with van der Waals surface area (Å²) in [6.07, 6.45) is 0.263. The van der Waals surface area contributed by atoms with Crippen molar-refractivity contribution in [3.05, 3.63) is 28.2 Å². The highest BCUT2D eigenvalue weighted by Crippen LogP contribution is 2.27. The van der Waals surface area contributed by atoms with Gasteiger partial charge in [0.05, 0.1) is 18.1 Å². The maximum absolute atomic E-state index is 11.2. The molecule has 0 spiro atoms. The predicted molar refractivity (Wildman–Crippen MR) is 68.6 cm³/mol. The third-order valence-corrected chi connectivity index (χ3v) is 2.48. The Morgan fingerprint density at radius 3 is 2.82 bits per heavy atom. The van der Waals surface area contributed by atoms with Crippen LogP contribution < -0.4 is 15.8 Å². The van der Waals surface area contributed by atoms with Crippen LogP contribution >= 0.6 is 23.2 Å². The predicted octanol–water partition coefficient (Wildman–Crippen LogP) is 1.84. The zero-order valence-corrected chi connectivity index (χ0v) is 10.7. The first-order valence-electron chi connectivity index (χ1n) is 5.18. The number of rotatable bonds is 6. The Hall–Kier alpha value is -0.970. The molecule has 1 aromatic rings. The van der Waals surface area contributed by atoms with E-state index in [0.29, 0.717) is 28.9 Å². The van der Waals surface area contributed by atoms with Crippen LogP contribution in [0.3, 0.4) is 0 Å². The minimum Gasteiger partial charge on any atom is -0.491 e. The van der Waals surface area contributed by atoms with Crippen LogP contribution in [0.1, 0.15) is 6.42 Å². The minimum atomic E-state index is -0.0967. The van der Waals surface area contributed by atoms with E-state index in [-0.39, 0.29) is 18.9 Å². The minimum absolute atomic E-state index is 0.0967. The maximum atomic E-state index is 11.2. The van der Waals surface area contributed by atoms with Gasteiger partial charge in [-0.15, -0.1) is 0 Å². The van der Waals surface area contributed by atoms with Crippen molar-refractivity contribution in [2.45, 2.75) is 6.42 Å². The number of nitrogens with two attached hydrogens (primary N) is 1. The van der Waals surface area contributed by atoms with Crippen molar-refractivity contribution in [3.8, 4) is 5.75 Å². The summed E-state index contributed by atoms with van der Waals surface area (Å²) in [5.41, 5.74) is 5.25. The summed E-state index contributed by atoms with van der Waals surface area (Å²) in [6.45, 7) is 1.16. The number of nitrogens with one attached hydrogen (secondary N) is 1. The van der Waals surface area contributed by atoms with Crippen LogP contribution in [0.2, 0.25) is 10.0 Å². The van der Waals surface area contributed by atoms with Crippen molar-refractivity contribution in [3.63, 3.8) is 0 Å². The topological polar surface area (TPSA) is 64.3 Å². The van der Waals surface area contributed by atoms with Crippen LogP contribution in [0, 0.1) is 0 Å². The first-order chi connectivity index (χ1) is 8.13. The lowest BCUT2D eigenvalue weighted by molar-refractivity contribution is -0.121. The van der Waals surface area contributed by atoms with Gasteiger partial charge in [0.15, 0.2) is 0 Å². The molecule has 1 aromatic carbocycles. The average molecular weight is 277 g/mol. The van der Waals surface area contributed by atoms with Crippen molar-refractivity contribution in [1.82, 2.24) is 5.32 Å². The second-order valence-corrected chi connectivity index (χ2v) is 4.16. The number of carbonyl (C=O) groups is 1. The molecule has 0 saturated carbocycles. The van der Waals surface area contributed by atoms with Crippen LogP contribution in [-0.4, -0.2) is 25.6 Å². The van der Waals surface area contributed by atoms with E-state index in [1.54, 1.807) is 18.2 Å². The Morgan fingerprint density at radius 1 is 1.41 bits per heavy atom. The van der Waals surface area contributed by atoms with Crippen molar-refractivity contribution in [2.24, 2.45) is 5.73 Å². The van der Waals surface area contributed by atoms with Gasteiger partial charge in [-0.2, -0.15) is 0 Å². The van der Waals surface area contributed by atoms with Crippen LogP contribution in [-0.2, 0) is 4.79 Å². The second-order valence-electron chi connectivity index (χ2n) is 3.31. The number of hydrogen-bond acceptors (Lipinski definition) is 3. The van der Waals surface area contributed by atoms with Gasteiger partial charge < -0.3 is 15.8 Å². The molecule has 1 amide bonds. The molecule has 0 aliphatic carbocycles. The first-order valence-corrected chi connectivity index (χ1v) is 5.93. The summed E-state index contributed by atoms with van der Waals surface area (Å²) in [5, 5.41) is 3.62. The van der Waals surface area contributed by atoms with Gasteiger partial charge >= 0.3 is 0 Å². The Bertz CT molecular complexity index is 386. The van der Waals surface area contributed by atoms with E-state index in [2.05, 4.69) is 5.32 Å². The Balaban J connectivity index is 2.33. The molecule has 0 heterocycles. The van der Waals surface area contributed by atoms with E-state index in [0.717, 1.165) is 0 Å². The van der Waals surface area contributed by atoms with Gasteiger partial charge in [-0.05, 0) is 18.2 Å². The smallest absolute Gasteiger partial charge is 0.223 e. The third kappa shape index (κ3) is 5.26. The van der Waals surface area contributed by atoms with Crippen molar-refractivity contribution in [2.75, 3.05) is 19.7 Å². The lowest BCUT2D eigenvalue weighted by Crippen LogP contribution is -2.29. The normalized spacial score (nSPS) is 10.1. The molecule has 0 aliphatic rings. The van der Waals surface area contributed by atoms with E-state index in [1.165, 1.54) is 0 Å². The Kier molecular flexibility index (Phi) is 6.11. The quantitative estimate of drug-likeness (QED) is 0.833. The molecule has 4 nitrogen and oxygen atoms in total. The number of hydrogen-bond donors (Lipinski definition) is 2. The molecular weight excluding hydrogens is 263 g/mol. The average Bonchev–Trinajstić information content (AvgIpc) is 2.29. The first kappa shape index (κ1) is 14.1. The van der Waals surface area contributed by atoms with Crippen molar-refractivity contribution < 1.29 is 9.53 Å². The van der Waals surface area contributed by atoms with Crippen molar-refractivity contribution in [1.29, 1.82) is 0 Å². The maximum Gasteiger partial charge on any atom is 0.223 e. The summed E-state index contributed by atoms with van der Waals surface area (Å²) in [5.74, 6) is 0.420. The number of benzene rings is 1. The molecule has 0 aliphatic heterocycles. The molecule has 0 unspecified atom stereocenters. The molecule has 0 saturated heterocycles. The fourth-order valence-corrected chi connectivity index (χ4v) is 1.61. The number of ether oxygens (including phenoxy) is 1. The molecule has 0 aromatic heterocycles. The van der Waals surface area contributed by atoms with E-state index in [4.69, 9.17) is 33.7 Å². The van der Waals surface area contributed by atoms with Crippen LogP contribution in [0.15, 0.2) is 18.2 Å². The van der Waals surface area contributed by atoms with E-state index in [9.17, 15) is 4.79 Å². The van der Waals surface area contributed by atoms with Gasteiger partial charge in [-0.25, -0.2) is 0 Å². The molecule has 0 radical (unpaired) electrons. The van der Waals surface area contributed by atoms with Gasteiger partial charge in [0.2, 0.25) is 5.91 Å². The Morgan fingerprint density at radius 2 is 2.18 bits per heavy atom. The van der Waals surface area contributed by atoms with E-state index >= 15 is 0 Å². The summed E-state index contributed by atoms with van der Waals surface area (Å²) < 4.78 is 5.36. The molecule has 0 atom stereocenters. The molecule has 17 heavy (non-hydrogen) atoms. The summed E-state index contributed by atoms with van der Waals surface area (Å²) in [6, 6.07) is 4.94. The number of amides is 1. The molecular formula is C11H14Cl2N2O2. The zero-order valence-electron chi connectivity index (χ0n) is 9.21. The number of carbonyl (C=O) groups excluding carboxylic acids is 1. The largest absolute Gasteiger partial charge is 0.491 e. The standard InChI is InChI=1S/C11H14Cl2N2O2/c12-8-1-2-10(9(13)7-8)17-6-3-11(16)15-5-4-14/h1-2,7H,3-6,14H2,(H,15,16). The van der Waals surface area contributed by atoms with Crippen molar-refractivity contribution >= 4 is 29.1 Å². The fourth-order valence-electron chi connectivity index (χ4n) is 1.15. The van der Waals surface area contributed by atoms with Gasteiger partial charge in [-0.1, -0.05) is 23.2 Å². The third-order valence-electron chi connectivity index (χ3n) is 1.95. The number of halogens is 2. The van der Waals surface area contributed by atoms with Gasteiger partial charge in [0, 0.05) is 18.1 Å². The molecule has 6 heteroatoms. The summed E-state index contributed by atoms with van der Waals surface area (Å²) in [4.78, 5) is 11.2. The van der Waals surface area contributed by atoms with Gasteiger partial charge in [0.1, 0.15) is 5.75 Å². The molecule has 3 N–H and O–H groups in total. The fraction of sp³-hybridized carbons (Fsp3) is 0.364. The molecule has 1 rings (SSSR count). The summed E-state index contributed by atoms with van der Waals surface area (Å²) in [7, 11) is 0. The van der Waals surface area contributed by atoms with Gasteiger partial charge in [0.25, 0.3) is 0 Å². The highest BCUT2D eigenvalue weighted by Gasteiger charge is 2.04. The molecule has 0 bridgehead atoms. The SMILES string of the molecule is NCCNC(=O)CCOc1ccc(Cl)cc1Cl. The monoisotopic (exact) mass is 276 g/mol. The van der Waals surface area contributed by atoms with Crippen LogP contribution in [0.5, 0.6) is 5.75 Å². The Labute approximate surface area is 110 Å². The molecule has 0 fully saturated rings. The van der Waals surface area contributed by atoms with Crippen LogP contribution in [0.4, 0.5) is 0 Å². The molecule has 94 valence electrons. The van der Waals surface area contributed by atoms with E-state index in [1.807, 2.05) is 0 Å².